The van der Waals surface area contributed by atoms with Crippen molar-refractivity contribution < 1.29 is 9.53 Å². The zero-order valence-electron chi connectivity index (χ0n) is 8.31. The first-order chi connectivity index (χ1) is 7.44. The lowest BCUT2D eigenvalue weighted by atomic mass is 9.71. The van der Waals surface area contributed by atoms with E-state index < -0.39 is 16.9 Å². The van der Waals surface area contributed by atoms with E-state index in [2.05, 4.69) is 4.99 Å². The van der Waals surface area contributed by atoms with Crippen LogP contribution in [-0.2, 0) is 9.53 Å². The van der Waals surface area contributed by atoms with Crippen molar-refractivity contribution in [3.63, 3.8) is 0 Å². The fourth-order valence-electron chi connectivity index (χ4n) is 2.01. The van der Waals surface area contributed by atoms with Gasteiger partial charge in [-0.1, -0.05) is 0 Å². The third-order valence-electron chi connectivity index (χ3n) is 2.94. The Balaban J connectivity index is 2.80. The third kappa shape index (κ3) is 0.695. The van der Waals surface area contributed by atoms with E-state index in [1.807, 2.05) is 6.07 Å². The van der Waals surface area contributed by atoms with Gasteiger partial charge in [-0.25, -0.2) is 0 Å². The molecule has 0 aromatic rings. The molecular formula is C9H7N5O2. The van der Waals surface area contributed by atoms with Crippen molar-refractivity contribution in [2.75, 3.05) is 0 Å². The molecule has 0 radical (unpaired) electrons. The Labute approximate surface area is 90.6 Å². The Morgan fingerprint density at radius 2 is 2.06 bits per heavy atom. The summed E-state index contributed by atoms with van der Waals surface area (Å²) in [5.41, 5.74) is 7.55. The number of carbonyl (C=O) groups excluding carboxylic acids is 1. The number of nitrogens with zero attached hydrogens (tertiary/aromatic N) is 3. The minimum Gasteiger partial charge on any atom is -0.459 e. The van der Waals surface area contributed by atoms with Crippen molar-refractivity contribution in [2.45, 2.75) is 12.5 Å². The van der Waals surface area contributed by atoms with E-state index >= 15 is 0 Å². The molecule has 0 aliphatic carbocycles. The predicted molar refractivity (Wildman–Crippen MR) is 51.0 cm³/mol. The van der Waals surface area contributed by atoms with Gasteiger partial charge in [-0.2, -0.15) is 15.5 Å². The maximum atomic E-state index is 11.6. The van der Waals surface area contributed by atoms with Gasteiger partial charge in [-0.05, 0) is 6.92 Å². The van der Waals surface area contributed by atoms with Crippen molar-refractivity contribution in [1.82, 2.24) is 0 Å². The van der Waals surface area contributed by atoms with E-state index in [-0.39, 0.29) is 17.3 Å². The Morgan fingerprint density at radius 3 is 2.56 bits per heavy atom. The van der Waals surface area contributed by atoms with Crippen LogP contribution in [0.25, 0.3) is 0 Å². The maximum Gasteiger partial charge on any atom is 0.293 e. The van der Waals surface area contributed by atoms with Gasteiger partial charge in [-0.3, -0.25) is 4.79 Å². The highest BCUT2D eigenvalue weighted by molar-refractivity contribution is 6.14. The zero-order valence-corrected chi connectivity index (χ0v) is 8.31. The predicted octanol–water partition coefficient (Wildman–Crippen LogP) is -1.12. The third-order valence-corrected chi connectivity index (χ3v) is 2.94. The second-order valence-electron chi connectivity index (χ2n) is 3.65. The van der Waals surface area contributed by atoms with E-state index in [4.69, 9.17) is 21.5 Å². The van der Waals surface area contributed by atoms with E-state index in [0.29, 0.717) is 0 Å². The summed E-state index contributed by atoms with van der Waals surface area (Å²) in [6.07, 6.45) is 0. The average Bonchev–Trinajstić information content (AvgIpc) is 2.56. The highest BCUT2D eigenvalue weighted by Gasteiger charge is 2.70. The molecule has 2 rings (SSSR count). The number of amidine groups is 1. The molecule has 0 aromatic heterocycles. The van der Waals surface area contributed by atoms with Gasteiger partial charge in [0, 0.05) is 0 Å². The van der Waals surface area contributed by atoms with Crippen LogP contribution in [0, 0.1) is 28.1 Å². The molecule has 80 valence electrons. The number of nitriles is 2. The smallest absolute Gasteiger partial charge is 0.293 e. The second-order valence-corrected chi connectivity index (χ2v) is 3.65. The van der Waals surface area contributed by atoms with E-state index in [9.17, 15) is 10.1 Å². The van der Waals surface area contributed by atoms with E-state index in [0.717, 1.165) is 0 Å². The number of nitrogens with two attached hydrogens (primary N) is 2. The molecule has 7 nitrogen and oxygen atoms in total. The number of hydrogen-bond acceptors (Lipinski definition) is 6. The van der Waals surface area contributed by atoms with Crippen molar-refractivity contribution in [3.8, 4) is 12.1 Å². The molecule has 0 spiro atoms. The molecule has 0 saturated carbocycles. The lowest BCUT2D eigenvalue weighted by Crippen LogP contribution is -2.50. The minimum atomic E-state index is -1.69. The lowest BCUT2D eigenvalue weighted by Gasteiger charge is -2.27. The minimum absolute atomic E-state index is 0.162. The summed E-state index contributed by atoms with van der Waals surface area (Å²) >= 11 is 0. The summed E-state index contributed by atoms with van der Waals surface area (Å²) in [7, 11) is 0. The van der Waals surface area contributed by atoms with Gasteiger partial charge in [0.2, 0.25) is 16.9 Å². The largest absolute Gasteiger partial charge is 0.459 e. The summed E-state index contributed by atoms with van der Waals surface area (Å²) in [5, 5.41) is 18.2. The Kier molecular flexibility index (Phi) is 1.58. The van der Waals surface area contributed by atoms with Crippen molar-refractivity contribution in [1.29, 1.82) is 10.5 Å². The standard InChI is InChI=1S/C9H7N5O2/c1-8-7(15)14-6(13)9(8,3-11)4(2-10)5(12)16-8/h12H2,1H3,(H2,13,14,15). The van der Waals surface area contributed by atoms with Crippen LogP contribution in [0.1, 0.15) is 6.92 Å². The van der Waals surface area contributed by atoms with Crippen LogP contribution in [0.3, 0.4) is 0 Å². The highest BCUT2D eigenvalue weighted by atomic mass is 16.5. The first-order valence-electron chi connectivity index (χ1n) is 4.33. The summed E-state index contributed by atoms with van der Waals surface area (Å²) in [6.45, 7) is 1.35. The number of amides is 1. The molecule has 4 N–H and O–H groups in total. The first-order valence-corrected chi connectivity index (χ1v) is 4.33. The highest BCUT2D eigenvalue weighted by Crippen LogP contribution is 2.51. The molecule has 0 bridgehead atoms. The maximum absolute atomic E-state index is 11.6. The van der Waals surface area contributed by atoms with Crippen LogP contribution in [-0.4, -0.2) is 17.3 Å². The summed E-state index contributed by atoms with van der Waals surface area (Å²) in [6, 6.07) is 3.58. The number of hydrogen-bond donors (Lipinski definition) is 2. The summed E-state index contributed by atoms with van der Waals surface area (Å²) in [5.74, 6) is -1.21. The molecule has 7 heteroatoms. The van der Waals surface area contributed by atoms with Crippen LogP contribution in [0.2, 0.25) is 0 Å². The molecule has 0 saturated heterocycles. The van der Waals surface area contributed by atoms with Crippen LogP contribution < -0.4 is 11.5 Å². The van der Waals surface area contributed by atoms with Crippen molar-refractivity contribution in [3.05, 3.63) is 11.5 Å². The molecule has 2 aliphatic heterocycles. The van der Waals surface area contributed by atoms with Gasteiger partial charge < -0.3 is 16.2 Å². The molecule has 2 aliphatic rings. The molecule has 0 fully saturated rings. The van der Waals surface area contributed by atoms with Crippen LogP contribution in [0.15, 0.2) is 16.4 Å². The molecule has 16 heavy (non-hydrogen) atoms. The topological polar surface area (TPSA) is 138 Å². The van der Waals surface area contributed by atoms with Gasteiger partial charge >= 0.3 is 0 Å². The summed E-state index contributed by atoms with van der Waals surface area (Å²) in [4.78, 5) is 15.1. The van der Waals surface area contributed by atoms with Gasteiger partial charge in [0.25, 0.3) is 5.91 Å². The normalized spacial score (nSPS) is 36.2. The lowest BCUT2D eigenvalue weighted by molar-refractivity contribution is -0.136. The van der Waals surface area contributed by atoms with Crippen LogP contribution in [0.5, 0.6) is 0 Å². The average molecular weight is 217 g/mol. The Bertz CT molecular complexity index is 549. The van der Waals surface area contributed by atoms with E-state index in [1.54, 1.807) is 6.07 Å². The number of ether oxygens (including phenoxy) is 1. The van der Waals surface area contributed by atoms with Crippen molar-refractivity contribution in [2.24, 2.45) is 21.9 Å². The molecule has 1 amide bonds. The molecule has 0 aromatic carbocycles. The Morgan fingerprint density at radius 1 is 1.44 bits per heavy atom. The molecule has 2 heterocycles. The first kappa shape index (κ1) is 9.99. The fourth-order valence-corrected chi connectivity index (χ4v) is 2.01. The van der Waals surface area contributed by atoms with E-state index in [1.165, 1.54) is 6.92 Å². The van der Waals surface area contributed by atoms with Crippen molar-refractivity contribution >= 4 is 11.7 Å². The fraction of sp³-hybridized carbons (Fsp3) is 0.333. The number of carbonyl (C=O) groups is 1. The van der Waals surface area contributed by atoms with Gasteiger partial charge in [0.05, 0.1) is 6.07 Å². The number of rotatable bonds is 0. The number of aliphatic imine (C=N–C) groups is 1. The monoisotopic (exact) mass is 217 g/mol. The summed E-state index contributed by atoms with van der Waals surface area (Å²) < 4.78 is 5.12. The quantitative estimate of drug-likeness (QED) is 0.526. The van der Waals surface area contributed by atoms with Crippen LogP contribution >= 0.6 is 0 Å². The van der Waals surface area contributed by atoms with Gasteiger partial charge in [-0.15, -0.1) is 0 Å². The Hall–Kier alpha value is -2.54. The molecule has 2 atom stereocenters. The van der Waals surface area contributed by atoms with Gasteiger partial charge in [0.15, 0.2) is 0 Å². The SMILES string of the molecule is CC12OC(N)=C(C#N)C1(C#N)C(N)=NC2=O. The second kappa shape index (κ2) is 2.52. The molecular weight excluding hydrogens is 210 g/mol. The van der Waals surface area contributed by atoms with Crippen LogP contribution in [0.4, 0.5) is 0 Å². The molecule has 2 unspecified atom stereocenters. The zero-order chi connectivity index (χ0) is 12.1. The van der Waals surface area contributed by atoms with Gasteiger partial charge in [0.1, 0.15) is 17.5 Å². The number of fused-ring (bicyclic) bond motifs is 1.